The van der Waals surface area contributed by atoms with Crippen molar-refractivity contribution < 1.29 is 33.3 Å². The van der Waals surface area contributed by atoms with Gasteiger partial charge in [0, 0.05) is 50.1 Å². The molecule has 2 aromatic rings. The summed E-state index contributed by atoms with van der Waals surface area (Å²) in [5.41, 5.74) is 15.2. The van der Waals surface area contributed by atoms with Crippen molar-refractivity contribution in [2.75, 3.05) is 46.5 Å². The van der Waals surface area contributed by atoms with Crippen LogP contribution in [0.1, 0.15) is 75.5 Å². The van der Waals surface area contributed by atoms with Crippen molar-refractivity contribution in [2.24, 2.45) is 11.5 Å². The van der Waals surface area contributed by atoms with E-state index in [1.54, 1.807) is 12.1 Å². The molecule has 1 aromatic heterocycles. The van der Waals surface area contributed by atoms with Gasteiger partial charge in [-0.15, -0.1) is 0 Å². The zero-order chi connectivity index (χ0) is 35.9. The Morgan fingerprint density at radius 2 is 1.63 bits per heavy atom. The SMILES string of the molecule is COc1c(COCCC(=O)NCCN)cc2oc3c(c(=O)c2c1CC=C(C)C)C(O)/C=C(CC=C(C)C)/C(OCCC(=O)NCCN)=C\C3. The van der Waals surface area contributed by atoms with Crippen molar-refractivity contribution in [3.63, 3.8) is 0 Å². The lowest BCUT2D eigenvalue weighted by atomic mass is 9.93. The maximum atomic E-state index is 14.4. The molecule has 0 fully saturated rings. The summed E-state index contributed by atoms with van der Waals surface area (Å²) in [6.07, 6.45) is 7.44. The number of amides is 2. The van der Waals surface area contributed by atoms with E-state index in [0.29, 0.717) is 84.0 Å². The number of carbonyl (C=O) groups is 2. The molecule has 0 bridgehead atoms. The molecule has 1 unspecified atom stereocenters. The fourth-order valence-corrected chi connectivity index (χ4v) is 5.35. The summed E-state index contributed by atoms with van der Waals surface area (Å²) in [6.45, 7) is 9.76. The first kappa shape index (κ1) is 39.2. The number of nitrogens with one attached hydrogen (secondary N) is 2. The molecule has 0 aliphatic heterocycles. The molecule has 1 aliphatic rings. The monoisotopic (exact) mass is 680 g/mol. The number of aliphatic hydroxyl groups is 1. The molecular formula is C37H52N4O8. The molecule has 268 valence electrons. The number of aliphatic hydroxyl groups excluding tert-OH is 1. The van der Waals surface area contributed by atoms with Crippen LogP contribution in [0, 0.1) is 0 Å². The Balaban J connectivity index is 2.09. The van der Waals surface area contributed by atoms with Gasteiger partial charge in [-0.1, -0.05) is 23.3 Å². The lowest BCUT2D eigenvalue weighted by molar-refractivity contribution is -0.122. The highest BCUT2D eigenvalue weighted by Gasteiger charge is 2.27. The molecule has 3 rings (SSSR count). The number of ether oxygens (including phenoxy) is 3. The van der Waals surface area contributed by atoms with Crippen LogP contribution in [0.15, 0.2) is 62.1 Å². The van der Waals surface area contributed by atoms with E-state index < -0.39 is 6.10 Å². The Labute approximate surface area is 288 Å². The van der Waals surface area contributed by atoms with Crippen molar-refractivity contribution in [1.29, 1.82) is 0 Å². The van der Waals surface area contributed by atoms with E-state index in [0.717, 1.165) is 11.1 Å². The number of allylic oxidation sites excluding steroid dienone is 6. The van der Waals surface area contributed by atoms with E-state index in [9.17, 15) is 19.5 Å². The molecule has 1 aromatic carbocycles. The lowest BCUT2D eigenvalue weighted by Gasteiger charge is -2.21. The van der Waals surface area contributed by atoms with Gasteiger partial charge >= 0.3 is 0 Å². The van der Waals surface area contributed by atoms with E-state index in [-0.39, 0.29) is 61.9 Å². The maximum Gasteiger partial charge on any atom is 0.223 e. The van der Waals surface area contributed by atoms with Crippen LogP contribution < -0.4 is 32.3 Å². The Bertz CT molecular complexity index is 1650. The molecule has 1 heterocycles. The molecule has 1 atom stereocenters. The van der Waals surface area contributed by atoms with Crippen molar-refractivity contribution in [2.45, 2.75) is 72.5 Å². The number of nitrogens with two attached hydrogens (primary N) is 2. The van der Waals surface area contributed by atoms with Crippen LogP contribution in [0.2, 0.25) is 0 Å². The van der Waals surface area contributed by atoms with Gasteiger partial charge in [-0.25, -0.2) is 0 Å². The minimum absolute atomic E-state index is 0.113. The average Bonchev–Trinajstić information content (AvgIpc) is 3.05. The maximum absolute atomic E-state index is 14.4. The number of benzene rings is 1. The van der Waals surface area contributed by atoms with Crippen LogP contribution >= 0.6 is 0 Å². The molecule has 7 N–H and O–H groups in total. The quantitative estimate of drug-likeness (QED) is 0.115. The topological polar surface area (TPSA) is 188 Å². The first-order valence-corrected chi connectivity index (χ1v) is 16.7. The van der Waals surface area contributed by atoms with E-state index in [1.807, 2.05) is 45.9 Å². The number of methoxy groups -OCH3 is 1. The standard InChI is InChI=1S/C37H52N4O8/c1-23(2)6-8-25-20-28(42)35-30(11-10-29(25)48-19-13-33(44)41-17-15-39)49-31-21-26(22-47-18-12-32(43)40-16-14-38)37(46-5)27(9-7-24(3)4)34(31)36(35)45/h6-7,10,20-21,28,42H,8-9,11-19,22,38-39H2,1-5H3,(H,40,43)(H,41,44)/b25-20+,29-10+. The van der Waals surface area contributed by atoms with E-state index in [1.165, 1.54) is 7.11 Å². The van der Waals surface area contributed by atoms with E-state index in [4.69, 9.17) is 30.1 Å². The molecular weight excluding hydrogens is 628 g/mol. The zero-order valence-electron chi connectivity index (χ0n) is 29.4. The first-order chi connectivity index (χ1) is 23.5. The minimum Gasteiger partial charge on any atom is -0.496 e. The number of hydrogen-bond donors (Lipinski definition) is 5. The second kappa shape index (κ2) is 19.7. The smallest absolute Gasteiger partial charge is 0.223 e. The van der Waals surface area contributed by atoms with Crippen LogP contribution in [-0.2, 0) is 38.5 Å². The largest absolute Gasteiger partial charge is 0.496 e. The highest BCUT2D eigenvalue weighted by molar-refractivity contribution is 5.85. The molecule has 0 radical (unpaired) electrons. The summed E-state index contributed by atoms with van der Waals surface area (Å²) in [4.78, 5) is 38.5. The molecule has 2 amide bonds. The van der Waals surface area contributed by atoms with Gasteiger partial charge in [-0.3, -0.25) is 14.4 Å². The van der Waals surface area contributed by atoms with Gasteiger partial charge in [0.2, 0.25) is 11.8 Å². The summed E-state index contributed by atoms with van der Waals surface area (Å²) in [6, 6.07) is 1.72. The van der Waals surface area contributed by atoms with Gasteiger partial charge in [0.25, 0.3) is 0 Å². The highest BCUT2D eigenvalue weighted by Crippen LogP contribution is 2.36. The Hall–Kier alpha value is -4.23. The predicted molar refractivity (Wildman–Crippen MR) is 190 cm³/mol. The van der Waals surface area contributed by atoms with Crippen LogP contribution in [0.25, 0.3) is 11.0 Å². The van der Waals surface area contributed by atoms with E-state index >= 15 is 0 Å². The normalized spacial score (nSPS) is 16.2. The third-order valence-electron chi connectivity index (χ3n) is 7.77. The van der Waals surface area contributed by atoms with Crippen molar-refractivity contribution in [3.8, 4) is 5.75 Å². The van der Waals surface area contributed by atoms with Crippen LogP contribution in [0.4, 0.5) is 0 Å². The van der Waals surface area contributed by atoms with E-state index in [2.05, 4.69) is 10.6 Å². The first-order valence-electron chi connectivity index (χ1n) is 16.7. The molecule has 1 aliphatic carbocycles. The summed E-state index contributed by atoms with van der Waals surface area (Å²) in [7, 11) is 1.54. The number of rotatable bonds is 18. The Morgan fingerprint density at radius 1 is 1.00 bits per heavy atom. The lowest BCUT2D eigenvalue weighted by Crippen LogP contribution is -2.29. The van der Waals surface area contributed by atoms with Crippen molar-refractivity contribution in [1.82, 2.24) is 10.6 Å². The van der Waals surface area contributed by atoms with Crippen LogP contribution in [0.5, 0.6) is 5.75 Å². The second-order valence-electron chi connectivity index (χ2n) is 12.2. The number of hydrogen-bond acceptors (Lipinski definition) is 10. The molecule has 49 heavy (non-hydrogen) atoms. The zero-order valence-corrected chi connectivity index (χ0v) is 29.4. The van der Waals surface area contributed by atoms with Gasteiger partial charge in [0.15, 0.2) is 5.43 Å². The Morgan fingerprint density at radius 3 is 2.24 bits per heavy atom. The minimum atomic E-state index is -1.29. The predicted octanol–water partition coefficient (Wildman–Crippen LogP) is 3.53. The summed E-state index contributed by atoms with van der Waals surface area (Å²) in [5.74, 6) is 0.943. The molecule has 12 heteroatoms. The fourth-order valence-electron chi connectivity index (χ4n) is 5.35. The Kier molecular flexibility index (Phi) is 15.8. The highest BCUT2D eigenvalue weighted by atomic mass is 16.5. The average molecular weight is 681 g/mol. The second-order valence-corrected chi connectivity index (χ2v) is 12.2. The summed E-state index contributed by atoms with van der Waals surface area (Å²) < 4.78 is 24.2. The molecule has 0 spiro atoms. The van der Waals surface area contributed by atoms with Crippen LogP contribution in [0.3, 0.4) is 0 Å². The fraction of sp³-hybridized carbons (Fsp3) is 0.486. The van der Waals surface area contributed by atoms with Gasteiger partial charge < -0.3 is 45.8 Å². The number of carbonyl (C=O) groups excluding carboxylic acids is 2. The summed E-state index contributed by atoms with van der Waals surface area (Å²) in [5, 5.41) is 17.3. The van der Waals surface area contributed by atoms with Crippen molar-refractivity contribution >= 4 is 22.8 Å². The van der Waals surface area contributed by atoms with Gasteiger partial charge in [0.1, 0.15) is 29.0 Å². The molecule has 12 nitrogen and oxygen atoms in total. The number of fused-ring (bicyclic) bond motifs is 2. The molecule has 0 saturated heterocycles. The van der Waals surface area contributed by atoms with Gasteiger partial charge in [0.05, 0.1) is 44.3 Å². The van der Waals surface area contributed by atoms with Gasteiger partial charge in [-0.2, -0.15) is 0 Å². The third-order valence-corrected chi connectivity index (χ3v) is 7.77. The van der Waals surface area contributed by atoms with Crippen molar-refractivity contribution in [3.05, 3.63) is 85.5 Å². The summed E-state index contributed by atoms with van der Waals surface area (Å²) >= 11 is 0. The molecule has 0 saturated carbocycles. The third kappa shape index (κ3) is 11.4. The van der Waals surface area contributed by atoms with Gasteiger partial charge in [-0.05, 0) is 64.3 Å². The van der Waals surface area contributed by atoms with Crippen LogP contribution in [-0.4, -0.2) is 63.4 Å².